The predicted molar refractivity (Wildman–Crippen MR) is 83.7 cm³/mol. The number of nitrogens with zero attached hydrogens (tertiary/aromatic N) is 1. The van der Waals surface area contributed by atoms with E-state index in [1.807, 2.05) is 19.1 Å². The largest absolute Gasteiger partial charge is 0.493 e. The van der Waals surface area contributed by atoms with Gasteiger partial charge >= 0.3 is 0 Å². The molecule has 3 aliphatic rings. The fourth-order valence-corrected chi connectivity index (χ4v) is 4.16. The second kappa shape index (κ2) is 4.85. The van der Waals surface area contributed by atoms with E-state index < -0.39 is 0 Å². The molecule has 5 nitrogen and oxygen atoms in total. The van der Waals surface area contributed by atoms with Crippen LogP contribution in [-0.4, -0.2) is 36.9 Å². The monoisotopic (exact) mass is 313 g/mol. The lowest BCUT2D eigenvalue weighted by Gasteiger charge is -2.33. The number of amides is 1. The fourth-order valence-electron chi connectivity index (χ4n) is 4.16. The maximum absolute atomic E-state index is 11.9. The second-order valence-corrected chi connectivity index (χ2v) is 6.55. The first-order valence-electron chi connectivity index (χ1n) is 7.88. The molecule has 2 aliphatic heterocycles. The number of ether oxygens (including phenoxy) is 2. The lowest BCUT2D eigenvalue weighted by Crippen LogP contribution is -2.41. The Morgan fingerprint density at radius 1 is 1.48 bits per heavy atom. The highest BCUT2D eigenvalue weighted by molar-refractivity contribution is 5.92. The number of ketones is 1. The maximum Gasteiger partial charge on any atom is 0.210 e. The number of hydrogen-bond donors (Lipinski definition) is 0. The van der Waals surface area contributed by atoms with Crippen molar-refractivity contribution >= 4 is 12.2 Å². The minimum absolute atomic E-state index is 0.0853. The van der Waals surface area contributed by atoms with Crippen molar-refractivity contribution in [1.82, 2.24) is 4.90 Å². The minimum Gasteiger partial charge on any atom is -0.493 e. The molecule has 2 atom stereocenters. The van der Waals surface area contributed by atoms with E-state index in [-0.39, 0.29) is 17.3 Å². The van der Waals surface area contributed by atoms with Gasteiger partial charge in [0.25, 0.3) is 0 Å². The van der Waals surface area contributed by atoms with Crippen LogP contribution in [0.3, 0.4) is 0 Å². The second-order valence-electron chi connectivity index (χ2n) is 6.55. The third kappa shape index (κ3) is 1.85. The van der Waals surface area contributed by atoms with Crippen molar-refractivity contribution in [1.29, 1.82) is 0 Å². The predicted octanol–water partition coefficient (Wildman–Crippen LogP) is 1.89. The zero-order valence-corrected chi connectivity index (χ0v) is 13.3. The summed E-state index contributed by atoms with van der Waals surface area (Å²) >= 11 is 0. The molecule has 1 aliphatic carbocycles. The van der Waals surface area contributed by atoms with Gasteiger partial charge in [-0.2, -0.15) is 0 Å². The molecule has 0 fully saturated rings. The number of benzene rings is 1. The number of aryl methyl sites for hydroxylation is 1. The normalized spacial score (nSPS) is 27.8. The van der Waals surface area contributed by atoms with E-state index in [0.717, 1.165) is 35.3 Å². The first kappa shape index (κ1) is 14.3. The van der Waals surface area contributed by atoms with Crippen LogP contribution in [0.1, 0.15) is 29.5 Å². The molecule has 1 spiro atoms. The molecule has 0 saturated heterocycles. The third-order valence-electron chi connectivity index (χ3n) is 5.37. The molecule has 0 N–H and O–H groups in total. The SMILES string of the molecule is COc1cc(C)c2c3c1OC1CC(=O)C=CC31CCN(C=O)C2. The van der Waals surface area contributed by atoms with Crippen molar-refractivity contribution in [2.24, 2.45) is 0 Å². The number of rotatable bonds is 2. The topological polar surface area (TPSA) is 55.8 Å². The summed E-state index contributed by atoms with van der Waals surface area (Å²) in [5, 5.41) is 0. The van der Waals surface area contributed by atoms with E-state index in [1.165, 1.54) is 0 Å². The zero-order chi connectivity index (χ0) is 16.2. The highest BCUT2D eigenvalue weighted by Crippen LogP contribution is 2.56. The molecular formula is C18H19NO4. The van der Waals surface area contributed by atoms with E-state index in [4.69, 9.17) is 9.47 Å². The van der Waals surface area contributed by atoms with E-state index in [9.17, 15) is 9.59 Å². The van der Waals surface area contributed by atoms with Crippen LogP contribution in [0, 0.1) is 6.92 Å². The van der Waals surface area contributed by atoms with Gasteiger partial charge in [-0.25, -0.2) is 0 Å². The van der Waals surface area contributed by atoms with Crippen molar-refractivity contribution in [3.8, 4) is 11.5 Å². The number of carbonyl (C=O) groups is 2. The summed E-state index contributed by atoms with van der Waals surface area (Å²) in [6, 6.07) is 1.96. The third-order valence-corrected chi connectivity index (χ3v) is 5.37. The molecular weight excluding hydrogens is 294 g/mol. The van der Waals surface area contributed by atoms with Crippen molar-refractivity contribution in [2.75, 3.05) is 13.7 Å². The van der Waals surface area contributed by atoms with Crippen LogP contribution in [0.4, 0.5) is 0 Å². The zero-order valence-electron chi connectivity index (χ0n) is 13.3. The standard InChI is InChI=1S/C18H19NO4/c1-11-7-14(22-2)17-16-13(11)9-19(10-20)6-5-18(16)4-3-12(21)8-15(18)23-17/h3-4,7,10,15H,5-6,8-9H2,1-2H3. The molecule has 120 valence electrons. The molecule has 2 unspecified atom stereocenters. The molecule has 5 heteroatoms. The van der Waals surface area contributed by atoms with Crippen molar-refractivity contribution in [3.05, 3.63) is 34.9 Å². The minimum atomic E-state index is -0.338. The molecule has 1 amide bonds. The summed E-state index contributed by atoms with van der Waals surface area (Å²) in [6.07, 6.45) is 5.48. The summed E-state index contributed by atoms with van der Waals surface area (Å²) in [5.41, 5.74) is 2.97. The first-order valence-corrected chi connectivity index (χ1v) is 7.88. The molecule has 4 rings (SSSR count). The summed E-state index contributed by atoms with van der Waals surface area (Å²) in [6.45, 7) is 3.25. The first-order chi connectivity index (χ1) is 11.1. The highest BCUT2D eigenvalue weighted by atomic mass is 16.5. The Hall–Kier alpha value is -2.30. The van der Waals surface area contributed by atoms with Crippen LogP contribution in [-0.2, 0) is 21.5 Å². The molecule has 2 heterocycles. The Kier molecular flexibility index (Phi) is 3.01. The van der Waals surface area contributed by atoms with Crippen LogP contribution in [0.5, 0.6) is 11.5 Å². The Morgan fingerprint density at radius 3 is 3.04 bits per heavy atom. The summed E-state index contributed by atoms with van der Waals surface area (Å²) in [4.78, 5) is 25.1. The molecule has 1 aromatic rings. The maximum atomic E-state index is 11.9. The molecule has 0 radical (unpaired) electrons. The van der Waals surface area contributed by atoms with Gasteiger partial charge in [0.2, 0.25) is 6.41 Å². The average molecular weight is 313 g/mol. The smallest absolute Gasteiger partial charge is 0.210 e. The molecule has 23 heavy (non-hydrogen) atoms. The van der Waals surface area contributed by atoms with Crippen LogP contribution in [0.2, 0.25) is 0 Å². The van der Waals surface area contributed by atoms with E-state index in [1.54, 1.807) is 18.1 Å². The van der Waals surface area contributed by atoms with Crippen LogP contribution in [0.15, 0.2) is 18.2 Å². The lowest BCUT2D eigenvalue weighted by molar-refractivity contribution is -0.119. The quantitative estimate of drug-likeness (QED) is 0.783. The van der Waals surface area contributed by atoms with E-state index in [0.29, 0.717) is 25.3 Å². The Morgan fingerprint density at radius 2 is 2.30 bits per heavy atom. The number of methoxy groups -OCH3 is 1. The van der Waals surface area contributed by atoms with Crippen LogP contribution >= 0.6 is 0 Å². The molecule has 0 saturated carbocycles. The van der Waals surface area contributed by atoms with Crippen LogP contribution < -0.4 is 9.47 Å². The van der Waals surface area contributed by atoms with Crippen molar-refractivity contribution in [2.45, 2.75) is 37.8 Å². The Labute approximate surface area is 134 Å². The highest BCUT2D eigenvalue weighted by Gasteiger charge is 2.53. The Balaban J connectivity index is 2.00. The van der Waals surface area contributed by atoms with Gasteiger partial charge in [0, 0.05) is 25.1 Å². The van der Waals surface area contributed by atoms with Crippen molar-refractivity contribution < 1.29 is 19.1 Å². The fraction of sp³-hybridized carbons (Fsp3) is 0.444. The molecule has 0 bridgehead atoms. The summed E-state index contributed by atoms with van der Waals surface area (Å²) < 4.78 is 11.7. The average Bonchev–Trinajstić information content (AvgIpc) is 2.77. The van der Waals surface area contributed by atoms with Gasteiger partial charge in [-0.3, -0.25) is 9.59 Å². The molecule has 0 aromatic heterocycles. The van der Waals surface area contributed by atoms with Crippen molar-refractivity contribution in [3.63, 3.8) is 0 Å². The number of carbonyl (C=O) groups excluding carboxylic acids is 2. The van der Waals surface area contributed by atoms with E-state index >= 15 is 0 Å². The lowest BCUT2D eigenvalue weighted by atomic mass is 9.69. The van der Waals surface area contributed by atoms with Gasteiger partial charge in [-0.1, -0.05) is 6.08 Å². The summed E-state index contributed by atoms with van der Waals surface area (Å²) in [7, 11) is 1.63. The summed E-state index contributed by atoms with van der Waals surface area (Å²) in [5.74, 6) is 1.53. The van der Waals surface area contributed by atoms with Gasteiger partial charge in [0.05, 0.1) is 12.5 Å². The number of hydrogen-bond acceptors (Lipinski definition) is 4. The Bertz CT molecular complexity index is 739. The van der Waals surface area contributed by atoms with Crippen LogP contribution in [0.25, 0.3) is 0 Å². The number of allylic oxidation sites excluding steroid dienone is 1. The van der Waals surface area contributed by atoms with Gasteiger partial charge in [0.15, 0.2) is 17.3 Å². The molecule has 1 aromatic carbocycles. The van der Waals surface area contributed by atoms with Gasteiger partial charge in [0.1, 0.15) is 6.10 Å². The van der Waals surface area contributed by atoms with Gasteiger partial charge in [-0.05, 0) is 36.6 Å². The van der Waals surface area contributed by atoms with Gasteiger partial charge in [-0.15, -0.1) is 0 Å². The van der Waals surface area contributed by atoms with Gasteiger partial charge < -0.3 is 14.4 Å². The van der Waals surface area contributed by atoms with E-state index in [2.05, 4.69) is 0 Å².